The van der Waals surface area contributed by atoms with Crippen LogP contribution in [0.1, 0.15) is 0 Å². The molecule has 0 saturated carbocycles. The van der Waals surface area contributed by atoms with Crippen LogP contribution >= 0.6 is 0 Å². The third kappa shape index (κ3) is 2.83. The molecular formula is C16H13N3OS. The Kier molecular flexibility index (Phi) is 3.75. The summed E-state index contributed by atoms with van der Waals surface area (Å²) >= 11 is 0. The highest BCUT2D eigenvalue weighted by Crippen LogP contribution is 2.22. The molecule has 0 fully saturated rings. The molecular weight excluding hydrogens is 282 g/mol. The van der Waals surface area contributed by atoms with E-state index in [0.717, 1.165) is 5.56 Å². The van der Waals surface area contributed by atoms with Crippen molar-refractivity contribution in [1.82, 2.24) is 9.97 Å². The van der Waals surface area contributed by atoms with E-state index in [9.17, 15) is 4.21 Å². The average Bonchev–Trinajstić information content (AvgIpc) is 2.56. The number of rotatable bonds is 3. The van der Waals surface area contributed by atoms with Crippen LogP contribution in [0.5, 0.6) is 0 Å². The van der Waals surface area contributed by atoms with Gasteiger partial charge >= 0.3 is 0 Å². The van der Waals surface area contributed by atoms with E-state index < -0.39 is 10.8 Å². The summed E-state index contributed by atoms with van der Waals surface area (Å²) in [6.07, 6.45) is 1.59. The zero-order valence-corrected chi connectivity index (χ0v) is 12.0. The molecule has 1 unspecified atom stereocenters. The Balaban J connectivity index is 2.05. The number of aromatic nitrogens is 2. The third-order valence-corrected chi connectivity index (χ3v) is 4.32. The summed E-state index contributed by atoms with van der Waals surface area (Å²) in [5.74, 6) is 0.192. The van der Waals surface area contributed by atoms with Crippen LogP contribution in [0.3, 0.4) is 0 Å². The topological polar surface area (TPSA) is 68.9 Å². The van der Waals surface area contributed by atoms with Crippen LogP contribution < -0.4 is 5.73 Å². The Morgan fingerprint density at radius 1 is 0.905 bits per heavy atom. The first-order chi connectivity index (χ1) is 10.3. The van der Waals surface area contributed by atoms with Gasteiger partial charge in [-0.25, -0.2) is 14.2 Å². The molecule has 0 bridgehead atoms. The van der Waals surface area contributed by atoms with E-state index in [0.29, 0.717) is 15.6 Å². The number of benzene rings is 2. The summed E-state index contributed by atoms with van der Waals surface area (Å²) in [4.78, 5) is 9.21. The molecule has 3 rings (SSSR count). The van der Waals surface area contributed by atoms with Crippen molar-refractivity contribution in [2.75, 3.05) is 5.73 Å². The summed E-state index contributed by atoms with van der Waals surface area (Å²) in [6, 6.07) is 18.7. The Bertz CT molecular complexity index is 776. The lowest BCUT2D eigenvalue weighted by atomic mass is 10.2. The molecule has 0 saturated heterocycles. The lowest BCUT2D eigenvalue weighted by molar-refractivity contribution is 0.680. The van der Waals surface area contributed by atoms with Crippen LogP contribution in [0, 0.1) is 0 Å². The van der Waals surface area contributed by atoms with Gasteiger partial charge < -0.3 is 5.73 Å². The van der Waals surface area contributed by atoms with E-state index >= 15 is 0 Å². The van der Waals surface area contributed by atoms with Gasteiger partial charge in [0.15, 0.2) is 10.8 Å². The first kappa shape index (κ1) is 13.5. The zero-order chi connectivity index (χ0) is 14.7. The first-order valence-corrected chi connectivity index (χ1v) is 7.55. The molecule has 2 N–H and O–H groups in total. The number of nitrogen functional groups attached to an aromatic ring is 1. The summed E-state index contributed by atoms with van der Waals surface area (Å²) in [5, 5.41) is 0.294. The van der Waals surface area contributed by atoms with Gasteiger partial charge in [0.1, 0.15) is 10.8 Å². The van der Waals surface area contributed by atoms with Crippen molar-refractivity contribution in [2.24, 2.45) is 0 Å². The van der Waals surface area contributed by atoms with Crippen molar-refractivity contribution in [3.05, 3.63) is 66.9 Å². The maximum atomic E-state index is 12.6. The minimum Gasteiger partial charge on any atom is -0.381 e. The SMILES string of the molecule is Nc1ncc(-c2ccccc2)nc1S(=O)c1ccccc1. The van der Waals surface area contributed by atoms with Crippen LogP contribution in [0.15, 0.2) is 76.8 Å². The van der Waals surface area contributed by atoms with Crippen molar-refractivity contribution in [3.8, 4) is 11.3 Å². The van der Waals surface area contributed by atoms with Crippen molar-refractivity contribution in [2.45, 2.75) is 9.92 Å². The minimum absolute atomic E-state index is 0.192. The molecule has 0 spiro atoms. The fraction of sp³-hybridized carbons (Fsp3) is 0. The highest BCUT2D eigenvalue weighted by Gasteiger charge is 2.14. The molecule has 3 aromatic rings. The van der Waals surface area contributed by atoms with Gasteiger partial charge in [0, 0.05) is 10.5 Å². The number of hydrogen-bond acceptors (Lipinski definition) is 4. The molecule has 1 aromatic heterocycles. The highest BCUT2D eigenvalue weighted by molar-refractivity contribution is 7.85. The van der Waals surface area contributed by atoms with Gasteiger partial charge in [-0.15, -0.1) is 0 Å². The van der Waals surface area contributed by atoms with Crippen molar-refractivity contribution in [1.29, 1.82) is 0 Å². The van der Waals surface area contributed by atoms with Crippen LogP contribution in [0.2, 0.25) is 0 Å². The quantitative estimate of drug-likeness (QED) is 0.806. The number of nitrogens with two attached hydrogens (primary N) is 1. The molecule has 0 aliphatic carbocycles. The van der Waals surface area contributed by atoms with E-state index in [-0.39, 0.29) is 5.82 Å². The molecule has 1 heterocycles. The third-order valence-electron chi connectivity index (χ3n) is 2.97. The normalized spacial score (nSPS) is 12.0. The van der Waals surface area contributed by atoms with Gasteiger partial charge in [-0.05, 0) is 12.1 Å². The molecule has 0 aliphatic heterocycles. The molecule has 5 heteroatoms. The largest absolute Gasteiger partial charge is 0.381 e. The molecule has 0 radical (unpaired) electrons. The van der Waals surface area contributed by atoms with Crippen molar-refractivity contribution < 1.29 is 4.21 Å². The number of hydrogen-bond donors (Lipinski definition) is 1. The molecule has 0 aliphatic rings. The second-order valence-corrected chi connectivity index (χ2v) is 5.79. The van der Waals surface area contributed by atoms with E-state index in [1.165, 1.54) is 0 Å². The molecule has 21 heavy (non-hydrogen) atoms. The Hall–Kier alpha value is -2.53. The van der Waals surface area contributed by atoms with E-state index in [1.807, 2.05) is 48.5 Å². The Morgan fingerprint density at radius 3 is 2.19 bits per heavy atom. The van der Waals surface area contributed by atoms with Crippen LogP contribution in [-0.2, 0) is 10.8 Å². The van der Waals surface area contributed by atoms with Gasteiger partial charge in [-0.1, -0.05) is 48.5 Å². The van der Waals surface area contributed by atoms with E-state index in [2.05, 4.69) is 9.97 Å². The van der Waals surface area contributed by atoms with Crippen LogP contribution in [0.25, 0.3) is 11.3 Å². The van der Waals surface area contributed by atoms with Gasteiger partial charge in [-0.2, -0.15) is 0 Å². The predicted molar refractivity (Wildman–Crippen MR) is 83.0 cm³/mol. The predicted octanol–water partition coefficient (Wildman–Crippen LogP) is 2.89. The molecule has 0 amide bonds. The average molecular weight is 295 g/mol. The second kappa shape index (κ2) is 5.85. The van der Waals surface area contributed by atoms with Gasteiger partial charge in [0.05, 0.1) is 11.9 Å². The minimum atomic E-state index is -1.44. The van der Waals surface area contributed by atoms with E-state index in [4.69, 9.17) is 5.73 Å². The number of anilines is 1. The van der Waals surface area contributed by atoms with Crippen molar-refractivity contribution >= 4 is 16.6 Å². The van der Waals surface area contributed by atoms with Crippen LogP contribution in [0.4, 0.5) is 5.82 Å². The summed E-state index contributed by atoms with van der Waals surface area (Å²) in [7, 11) is -1.44. The smallest absolute Gasteiger partial charge is 0.174 e. The van der Waals surface area contributed by atoms with Crippen LogP contribution in [-0.4, -0.2) is 14.2 Å². The monoisotopic (exact) mass is 295 g/mol. The fourth-order valence-corrected chi connectivity index (χ4v) is 2.97. The lowest BCUT2D eigenvalue weighted by Gasteiger charge is -2.07. The van der Waals surface area contributed by atoms with Gasteiger partial charge in [-0.3, -0.25) is 0 Å². The van der Waals surface area contributed by atoms with E-state index in [1.54, 1.807) is 18.3 Å². The lowest BCUT2D eigenvalue weighted by Crippen LogP contribution is -2.05. The van der Waals surface area contributed by atoms with Crippen molar-refractivity contribution in [3.63, 3.8) is 0 Å². The molecule has 104 valence electrons. The van der Waals surface area contributed by atoms with Gasteiger partial charge in [0.2, 0.25) is 0 Å². The van der Waals surface area contributed by atoms with Gasteiger partial charge in [0.25, 0.3) is 0 Å². The summed E-state index contributed by atoms with van der Waals surface area (Å²) in [6.45, 7) is 0. The molecule has 1 atom stereocenters. The maximum Gasteiger partial charge on any atom is 0.174 e. The number of nitrogens with zero attached hydrogens (tertiary/aromatic N) is 2. The highest BCUT2D eigenvalue weighted by atomic mass is 32.2. The standard InChI is InChI=1S/C16H13N3OS/c17-15-16(21(20)13-9-5-2-6-10-13)19-14(11-18-15)12-7-3-1-4-8-12/h1-11H,(H2,17,18). The zero-order valence-electron chi connectivity index (χ0n) is 11.1. The fourth-order valence-electron chi connectivity index (χ4n) is 1.92. The molecule has 2 aromatic carbocycles. The maximum absolute atomic E-state index is 12.6. The Labute approximate surface area is 125 Å². The Morgan fingerprint density at radius 2 is 1.52 bits per heavy atom. The summed E-state index contributed by atoms with van der Waals surface area (Å²) in [5.41, 5.74) is 7.41. The molecule has 4 nitrogen and oxygen atoms in total. The summed E-state index contributed by atoms with van der Waals surface area (Å²) < 4.78 is 12.6. The second-order valence-electron chi connectivity index (χ2n) is 4.39. The first-order valence-electron chi connectivity index (χ1n) is 6.40.